The van der Waals surface area contributed by atoms with Crippen molar-refractivity contribution in [3.63, 3.8) is 0 Å². The van der Waals surface area contributed by atoms with Gasteiger partial charge < -0.3 is 10.2 Å². The van der Waals surface area contributed by atoms with Gasteiger partial charge in [-0.1, -0.05) is 23.4 Å². The minimum atomic E-state index is -0.807. The number of benzene rings is 2. The zero-order valence-electron chi connectivity index (χ0n) is 15.2. The number of aromatic nitrogens is 3. The molecule has 4 rings (SSSR count). The van der Waals surface area contributed by atoms with Gasteiger partial charge in [0.25, 0.3) is 0 Å². The minimum absolute atomic E-state index is 0.213. The van der Waals surface area contributed by atoms with Crippen molar-refractivity contribution in [1.82, 2.24) is 20.3 Å². The first-order valence-corrected chi connectivity index (χ1v) is 8.89. The third-order valence-corrected chi connectivity index (χ3v) is 4.86. The highest BCUT2D eigenvalue weighted by Gasteiger charge is 2.38. The highest BCUT2D eigenvalue weighted by molar-refractivity contribution is 5.61. The van der Waals surface area contributed by atoms with Crippen molar-refractivity contribution < 1.29 is 8.78 Å². The molecule has 0 aliphatic heterocycles. The van der Waals surface area contributed by atoms with Crippen LogP contribution < -0.4 is 10.2 Å². The number of rotatable bonds is 6. The molecule has 5 nitrogen and oxygen atoms in total. The summed E-state index contributed by atoms with van der Waals surface area (Å²) in [5.74, 6) is -1.39. The quantitative estimate of drug-likeness (QED) is 0.725. The van der Waals surface area contributed by atoms with E-state index in [1.54, 1.807) is 10.7 Å². The molecule has 27 heavy (non-hydrogen) atoms. The molecule has 2 atom stereocenters. The molecule has 1 fully saturated rings. The number of hydrogen-bond donors (Lipinski definition) is 1. The largest absolute Gasteiger partial charge is 0.376 e. The first kappa shape index (κ1) is 17.6. The van der Waals surface area contributed by atoms with E-state index in [4.69, 9.17) is 0 Å². The lowest BCUT2D eigenvalue weighted by Crippen LogP contribution is -2.17. The average Bonchev–Trinajstić information content (AvgIpc) is 3.29. The molecule has 1 N–H and O–H groups in total. The van der Waals surface area contributed by atoms with Crippen LogP contribution in [-0.4, -0.2) is 35.1 Å². The predicted molar refractivity (Wildman–Crippen MR) is 100 cm³/mol. The van der Waals surface area contributed by atoms with Crippen LogP contribution in [0.4, 0.5) is 14.5 Å². The SMILES string of the molecule is CN(C)c1ccccc1-n1cc(CN[C@@H]2C[C@H]2c2ccc(F)c(F)c2)nn1. The maximum Gasteiger partial charge on any atom is 0.159 e. The van der Waals surface area contributed by atoms with E-state index < -0.39 is 11.6 Å². The highest BCUT2D eigenvalue weighted by Crippen LogP contribution is 2.41. The molecule has 1 saturated carbocycles. The van der Waals surface area contributed by atoms with Crippen LogP contribution in [0, 0.1) is 11.6 Å². The standard InChI is InChI=1S/C20H21F2N5/c1-26(2)19-5-3-4-6-20(19)27-12-14(24-25-27)11-23-18-10-15(18)13-7-8-16(21)17(22)9-13/h3-9,12,15,18,23H,10-11H2,1-2H3/t15-,18+/m0/s1. The molecule has 1 heterocycles. The van der Waals surface area contributed by atoms with E-state index in [1.165, 1.54) is 12.1 Å². The maximum atomic E-state index is 13.4. The normalized spacial score (nSPS) is 18.5. The summed E-state index contributed by atoms with van der Waals surface area (Å²) in [5.41, 5.74) is 3.68. The zero-order chi connectivity index (χ0) is 19.0. The lowest BCUT2D eigenvalue weighted by molar-refractivity contribution is 0.506. The van der Waals surface area contributed by atoms with Gasteiger partial charge in [0.05, 0.1) is 23.3 Å². The second-order valence-electron chi connectivity index (χ2n) is 7.04. The van der Waals surface area contributed by atoms with Gasteiger partial charge in [0.2, 0.25) is 0 Å². The van der Waals surface area contributed by atoms with E-state index in [0.717, 1.165) is 29.1 Å². The highest BCUT2D eigenvalue weighted by atomic mass is 19.2. The summed E-state index contributed by atoms with van der Waals surface area (Å²) < 4.78 is 28.2. The van der Waals surface area contributed by atoms with Gasteiger partial charge >= 0.3 is 0 Å². The average molecular weight is 369 g/mol. The van der Waals surface area contributed by atoms with Crippen molar-refractivity contribution in [3.8, 4) is 5.69 Å². The summed E-state index contributed by atoms with van der Waals surface area (Å²) in [7, 11) is 3.98. The fourth-order valence-corrected chi connectivity index (χ4v) is 3.30. The first-order chi connectivity index (χ1) is 13.0. The van der Waals surface area contributed by atoms with Crippen molar-refractivity contribution in [2.24, 2.45) is 0 Å². The van der Waals surface area contributed by atoms with Crippen LogP contribution in [0.2, 0.25) is 0 Å². The molecule has 0 spiro atoms. The van der Waals surface area contributed by atoms with E-state index >= 15 is 0 Å². The van der Waals surface area contributed by atoms with E-state index in [2.05, 4.69) is 15.6 Å². The van der Waals surface area contributed by atoms with Crippen LogP contribution in [-0.2, 0) is 6.54 Å². The van der Waals surface area contributed by atoms with Gasteiger partial charge in [-0.2, -0.15) is 0 Å². The number of nitrogens with zero attached hydrogens (tertiary/aromatic N) is 4. The molecule has 0 bridgehead atoms. The van der Waals surface area contributed by atoms with Gasteiger partial charge in [0.1, 0.15) is 0 Å². The summed E-state index contributed by atoms with van der Waals surface area (Å²) in [5, 5.41) is 11.9. The van der Waals surface area contributed by atoms with Crippen LogP contribution in [0.5, 0.6) is 0 Å². The van der Waals surface area contributed by atoms with Crippen LogP contribution in [0.25, 0.3) is 5.69 Å². The summed E-state index contributed by atoms with van der Waals surface area (Å²) >= 11 is 0. The van der Waals surface area contributed by atoms with Crippen LogP contribution in [0.3, 0.4) is 0 Å². The van der Waals surface area contributed by atoms with Gasteiger partial charge in [-0.3, -0.25) is 0 Å². The second kappa shape index (κ2) is 7.08. The number of para-hydroxylation sites is 2. The van der Waals surface area contributed by atoms with Crippen LogP contribution in [0.15, 0.2) is 48.7 Å². The number of anilines is 1. The molecular weight excluding hydrogens is 348 g/mol. The summed E-state index contributed by atoms with van der Waals surface area (Å²) in [6, 6.07) is 12.4. The Morgan fingerprint density at radius 3 is 2.74 bits per heavy atom. The Balaban J connectivity index is 1.39. The van der Waals surface area contributed by atoms with Crippen molar-refractivity contribution in [2.45, 2.75) is 24.9 Å². The molecule has 1 aliphatic carbocycles. The van der Waals surface area contributed by atoms with E-state index in [9.17, 15) is 8.78 Å². The molecule has 140 valence electrons. The first-order valence-electron chi connectivity index (χ1n) is 8.89. The van der Waals surface area contributed by atoms with E-state index in [1.807, 2.05) is 49.5 Å². The second-order valence-corrected chi connectivity index (χ2v) is 7.04. The van der Waals surface area contributed by atoms with Gasteiger partial charge in [-0.15, -0.1) is 5.10 Å². The Morgan fingerprint density at radius 1 is 1.15 bits per heavy atom. The number of hydrogen-bond acceptors (Lipinski definition) is 4. The molecule has 3 aromatic rings. The fourth-order valence-electron chi connectivity index (χ4n) is 3.30. The molecule has 1 aliphatic rings. The van der Waals surface area contributed by atoms with Crippen molar-refractivity contribution in [2.75, 3.05) is 19.0 Å². The Labute approximate surface area is 156 Å². The molecule has 0 amide bonds. The summed E-state index contributed by atoms with van der Waals surface area (Å²) in [4.78, 5) is 2.03. The molecular formula is C20H21F2N5. The molecule has 0 radical (unpaired) electrons. The van der Waals surface area contributed by atoms with E-state index in [0.29, 0.717) is 6.54 Å². The Kier molecular flexibility index (Phi) is 4.61. The minimum Gasteiger partial charge on any atom is -0.376 e. The lowest BCUT2D eigenvalue weighted by atomic mass is 10.1. The topological polar surface area (TPSA) is 46.0 Å². The predicted octanol–water partition coefficient (Wildman–Crippen LogP) is 3.26. The third-order valence-electron chi connectivity index (χ3n) is 4.86. The van der Waals surface area contributed by atoms with Gasteiger partial charge in [0, 0.05) is 32.6 Å². The van der Waals surface area contributed by atoms with Gasteiger partial charge in [-0.25, -0.2) is 13.5 Å². The molecule has 0 saturated heterocycles. The van der Waals surface area contributed by atoms with Crippen LogP contribution >= 0.6 is 0 Å². The number of halogens is 2. The molecule has 7 heteroatoms. The van der Waals surface area contributed by atoms with E-state index in [-0.39, 0.29) is 12.0 Å². The monoisotopic (exact) mass is 369 g/mol. The Bertz CT molecular complexity index is 953. The zero-order valence-corrected chi connectivity index (χ0v) is 15.2. The van der Waals surface area contributed by atoms with Crippen molar-refractivity contribution >= 4 is 5.69 Å². The Hall–Kier alpha value is -2.80. The summed E-state index contributed by atoms with van der Waals surface area (Å²) in [6.07, 6.45) is 2.81. The maximum absolute atomic E-state index is 13.4. The van der Waals surface area contributed by atoms with Gasteiger partial charge in [-0.05, 0) is 36.2 Å². The van der Waals surface area contributed by atoms with Gasteiger partial charge in [0.15, 0.2) is 11.6 Å². The molecule has 2 aromatic carbocycles. The number of nitrogens with one attached hydrogen (secondary N) is 1. The smallest absolute Gasteiger partial charge is 0.159 e. The van der Waals surface area contributed by atoms with Crippen molar-refractivity contribution in [1.29, 1.82) is 0 Å². The lowest BCUT2D eigenvalue weighted by Gasteiger charge is -2.16. The molecule has 1 aromatic heterocycles. The van der Waals surface area contributed by atoms with Crippen molar-refractivity contribution in [3.05, 3.63) is 71.6 Å². The fraction of sp³-hybridized carbons (Fsp3) is 0.300. The third kappa shape index (κ3) is 3.68. The van der Waals surface area contributed by atoms with Crippen LogP contribution in [0.1, 0.15) is 23.6 Å². The summed E-state index contributed by atoms with van der Waals surface area (Å²) in [6.45, 7) is 0.578. The Morgan fingerprint density at radius 2 is 1.96 bits per heavy atom. The molecule has 0 unspecified atom stereocenters.